The summed E-state index contributed by atoms with van der Waals surface area (Å²) in [5, 5.41) is 13.3. The minimum absolute atomic E-state index is 0.0426. The fourth-order valence-corrected chi connectivity index (χ4v) is 5.01. The van der Waals surface area contributed by atoms with Crippen molar-refractivity contribution >= 4 is 28.5 Å². The molecule has 1 unspecified atom stereocenters. The molecule has 9 nitrogen and oxygen atoms in total. The highest BCUT2D eigenvalue weighted by Gasteiger charge is 2.31. The second kappa shape index (κ2) is 9.72. The Morgan fingerprint density at radius 2 is 1.95 bits per heavy atom. The number of aryl methyl sites for hydroxylation is 1. The van der Waals surface area contributed by atoms with Crippen molar-refractivity contribution in [1.29, 1.82) is 0 Å². The van der Waals surface area contributed by atoms with Crippen LogP contribution in [0.25, 0.3) is 11.0 Å². The first-order valence-electron chi connectivity index (χ1n) is 13.1. The Kier molecular flexibility index (Phi) is 6.23. The Balaban J connectivity index is 1.27. The highest BCUT2D eigenvalue weighted by atomic mass is 16.5. The topological polar surface area (TPSA) is 111 Å². The Labute approximate surface area is 220 Å². The third kappa shape index (κ3) is 4.93. The van der Waals surface area contributed by atoms with Gasteiger partial charge in [0.05, 0.1) is 22.8 Å². The molecule has 0 bridgehead atoms. The number of nitrogens with zero attached hydrogens (tertiary/aromatic N) is 4. The molecule has 3 aromatic heterocycles. The fraction of sp³-hybridized carbons (Fsp3) is 0.379. The van der Waals surface area contributed by atoms with Gasteiger partial charge in [0.25, 0.3) is 5.56 Å². The van der Waals surface area contributed by atoms with Gasteiger partial charge in [0.15, 0.2) is 0 Å². The largest absolute Gasteiger partial charge is 0.457 e. The maximum Gasteiger partial charge on any atom is 0.274 e. The second-order valence-corrected chi connectivity index (χ2v) is 10.6. The Morgan fingerprint density at radius 3 is 2.66 bits per heavy atom. The molecule has 2 aliphatic carbocycles. The number of pyridine rings is 2. The van der Waals surface area contributed by atoms with E-state index in [1.165, 1.54) is 6.92 Å². The molecule has 9 heteroatoms. The molecule has 2 N–H and O–H groups in total. The first-order chi connectivity index (χ1) is 18.3. The van der Waals surface area contributed by atoms with Crippen molar-refractivity contribution in [3.8, 4) is 11.5 Å². The van der Waals surface area contributed by atoms with Gasteiger partial charge in [-0.2, -0.15) is 0 Å². The van der Waals surface area contributed by atoms with Gasteiger partial charge >= 0.3 is 0 Å². The number of aliphatic hydroxyl groups excluding tert-OH is 1. The van der Waals surface area contributed by atoms with Crippen molar-refractivity contribution in [3.05, 3.63) is 70.4 Å². The van der Waals surface area contributed by atoms with Gasteiger partial charge < -0.3 is 24.3 Å². The van der Waals surface area contributed by atoms with Crippen molar-refractivity contribution < 1.29 is 14.6 Å². The summed E-state index contributed by atoms with van der Waals surface area (Å²) in [6, 6.07) is 11.1. The number of carbonyl (C=O) groups is 1. The minimum atomic E-state index is -0.327. The normalized spacial score (nSPS) is 18.8. The van der Waals surface area contributed by atoms with Crippen molar-refractivity contribution in [1.82, 2.24) is 19.1 Å². The number of ether oxygens (including phenoxy) is 1. The van der Waals surface area contributed by atoms with E-state index in [0.717, 1.165) is 42.3 Å². The molecule has 3 heterocycles. The number of anilines is 2. The summed E-state index contributed by atoms with van der Waals surface area (Å²) >= 11 is 0. The quantitative estimate of drug-likeness (QED) is 0.340. The van der Waals surface area contributed by atoms with Crippen LogP contribution in [0.4, 0.5) is 11.6 Å². The van der Waals surface area contributed by atoms with Gasteiger partial charge in [0, 0.05) is 50.5 Å². The fourth-order valence-electron chi connectivity index (χ4n) is 5.01. The molecule has 0 amide bonds. The Morgan fingerprint density at radius 1 is 1.13 bits per heavy atom. The summed E-state index contributed by atoms with van der Waals surface area (Å²) in [6.45, 7) is 2.06. The molecular formula is C29H31N5O4. The van der Waals surface area contributed by atoms with Gasteiger partial charge in [-0.1, -0.05) is 0 Å². The summed E-state index contributed by atoms with van der Waals surface area (Å²) < 4.78 is 9.71. The number of nitrogens with one attached hydrogen (secondary N) is 1. The number of ketones is 1. The van der Waals surface area contributed by atoms with Crippen molar-refractivity contribution in [3.63, 3.8) is 0 Å². The number of carbonyl (C=O) groups excluding carboxylic acids is 1. The monoisotopic (exact) mass is 513 g/mol. The number of aliphatic hydroxyl groups is 1. The highest BCUT2D eigenvalue weighted by Crippen LogP contribution is 2.41. The lowest BCUT2D eigenvalue weighted by Gasteiger charge is -2.32. The third-order valence-electron chi connectivity index (χ3n) is 7.52. The summed E-state index contributed by atoms with van der Waals surface area (Å²) in [6.07, 6.45) is 7.54. The van der Waals surface area contributed by atoms with Crippen LogP contribution in [0.2, 0.25) is 0 Å². The second-order valence-electron chi connectivity index (χ2n) is 10.6. The Hall–Kier alpha value is -3.98. The smallest absolute Gasteiger partial charge is 0.274 e. The molecule has 0 radical (unpaired) electrons. The van der Waals surface area contributed by atoms with Crippen LogP contribution in [-0.2, 0) is 24.8 Å². The average molecular weight is 514 g/mol. The van der Waals surface area contributed by atoms with E-state index >= 15 is 0 Å². The van der Waals surface area contributed by atoms with Crippen LogP contribution in [-0.4, -0.2) is 36.1 Å². The zero-order valence-electron chi connectivity index (χ0n) is 21.6. The lowest BCUT2D eigenvalue weighted by Crippen LogP contribution is -2.37. The molecule has 2 aliphatic rings. The van der Waals surface area contributed by atoms with E-state index in [-0.39, 0.29) is 29.8 Å². The predicted octanol–water partition coefficient (Wildman–Crippen LogP) is 4.45. The molecule has 38 heavy (non-hydrogen) atoms. The Bertz CT molecular complexity index is 1590. The van der Waals surface area contributed by atoms with Gasteiger partial charge in [-0.15, -0.1) is 0 Å². The molecule has 196 valence electrons. The lowest BCUT2D eigenvalue weighted by atomic mass is 9.82. The summed E-state index contributed by atoms with van der Waals surface area (Å²) in [5.74, 6) is 2.45. The zero-order chi connectivity index (χ0) is 26.4. The van der Waals surface area contributed by atoms with Crippen LogP contribution >= 0.6 is 0 Å². The van der Waals surface area contributed by atoms with Gasteiger partial charge in [-0.25, -0.2) is 4.98 Å². The number of hydrogen-bond acceptors (Lipinski definition) is 7. The molecule has 0 saturated heterocycles. The standard InChI is InChI=1S/C29H31N5O4/c1-17(35)11-21-13-23(9-10-30-21)38-22-6-7-24-26(14-22)33(2)29(31-24)32-25-12-20(18-3-4-18)16-34(28(25)37)15-19-5-8-27(19)36/h6-7,9-10,12-14,16,18-19,27,36H,3-5,8,11,15H2,1-2H3,(H,31,32)/t19?,27-/m0/s1. The van der Waals surface area contributed by atoms with E-state index in [1.807, 2.05) is 42.1 Å². The van der Waals surface area contributed by atoms with Crippen LogP contribution < -0.4 is 15.6 Å². The van der Waals surface area contributed by atoms with E-state index in [1.54, 1.807) is 22.9 Å². The number of rotatable bonds is 9. The van der Waals surface area contributed by atoms with Crippen molar-refractivity contribution in [2.24, 2.45) is 13.0 Å². The average Bonchev–Trinajstić information content (AvgIpc) is 3.69. The van der Waals surface area contributed by atoms with Gasteiger partial charge in [0.2, 0.25) is 5.95 Å². The molecule has 1 aromatic carbocycles. The van der Waals surface area contributed by atoms with E-state index in [9.17, 15) is 14.7 Å². The molecule has 6 rings (SSSR count). The number of imidazole rings is 1. The van der Waals surface area contributed by atoms with Gasteiger partial charge in [0.1, 0.15) is 23.0 Å². The van der Waals surface area contributed by atoms with Crippen LogP contribution in [0.3, 0.4) is 0 Å². The van der Waals surface area contributed by atoms with Crippen molar-refractivity contribution in [2.45, 2.75) is 57.6 Å². The number of Topliss-reactive ketones (excluding diaryl/α,β-unsaturated/α-hetero) is 1. The maximum atomic E-state index is 13.4. The molecule has 2 fully saturated rings. The zero-order valence-corrected chi connectivity index (χ0v) is 21.6. The predicted molar refractivity (Wildman–Crippen MR) is 144 cm³/mol. The van der Waals surface area contributed by atoms with E-state index in [0.29, 0.717) is 41.3 Å². The van der Waals surface area contributed by atoms with Gasteiger partial charge in [-0.05, 0) is 68.4 Å². The summed E-state index contributed by atoms with van der Waals surface area (Å²) in [7, 11) is 1.90. The highest BCUT2D eigenvalue weighted by molar-refractivity contribution is 5.81. The molecule has 0 spiro atoms. The third-order valence-corrected chi connectivity index (χ3v) is 7.52. The van der Waals surface area contributed by atoms with E-state index < -0.39 is 0 Å². The SMILES string of the molecule is CC(=O)Cc1cc(Oc2ccc3nc(Nc4cc(C5CC5)cn(CC5CC[C@@H]5O)c4=O)n(C)c3c2)ccn1. The van der Waals surface area contributed by atoms with Crippen LogP contribution in [0.5, 0.6) is 11.5 Å². The van der Waals surface area contributed by atoms with Crippen molar-refractivity contribution in [2.75, 3.05) is 5.32 Å². The molecule has 0 aliphatic heterocycles. The first-order valence-corrected chi connectivity index (χ1v) is 13.1. The number of fused-ring (bicyclic) bond motifs is 1. The van der Waals surface area contributed by atoms with Crippen LogP contribution in [0.1, 0.15) is 49.8 Å². The minimum Gasteiger partial charge on any atom is -0.457 e. The summed E-state index contributed by atoms with van der Waals surface area (Å²) in [5.41, 5.74) is 3.81. The van der Waals surface area contributed by atoms with Crippen LogP contribution in [0, 0.1) is 5.92 Å². The van der Waals surface area contributed by atoms with Crippen LogP contribution in [0.15, 0.2) is 53.6 Å². The van der Waals surface area contributed by atoms with Gasteiger partial charge in [-0.3, -0.25) is 14.6 Å². The number of hydrogen-bond donors (Lipinski definition) is 2. The molecule has 4 aromatic rings. The van der Waals surface area contributed by atoms with E-state index in [4.69, 9.17) is 9.72 Å². The molecule has 2 atom stereocenters. The first kappa shape index (κ1) is 24.4. The number of aromatic nitrogens is 4. The molecular weight excluding hydrogens is 482 g/mol. The summed E-state index contributed by atoms with van der Waals surface area (Å²) in [4.78, 5) is 33.8. The lowest BCUT2D eigenvalue weighted by molar-refractivity contribution is -0.116. The molecule has 2 saturated carbocycles. The maximum absolute atomic E-state index is 13.4. The van der Waals surface area contributed by atoms with E-state index in [2.05, 4.69) is 10.3 Å². The number of benzene rings is 1.